The van der Waals surface area contributed by atoms with E-state index in [0.717, 1.165) is 18.4 Å². The Morgan fingerprint density at radius 2 is 1.76 bits per heavy atom. The van der Waals surface area contributed by atoms with E-state index in [2.05, 4.69) is 0 Å². The number of aryl methyl sites for hydroxylation is 1. The maximum atomic E-state index is 14.3. The summed E-state index contributed by atoms with van der Waals surface area (Å²) < 4.78 is 43.6. The maximum Gasteiger partial charge on any atom is 0.339 e. The summed E-state index contributed by atoms with van der Waals surface area (Å²) in [6.07, 6.45) is 1.87. The van der Waals surface area contributed by atoms with Gasteiger partial charge in [0.25, 0.3) is 0 Å². The molecular formula is C16H15FO3S. The Morgan fingerprint density at radius 3 is 2.38 bits per heavy atom. The van der Waals surface area contributed by atoms with Crippen LogP contribution in [0.1, 0.15) is 29.9 Å². The Hall–Kier alpha value is -1.88. The summed E-state index contributed by atoms with van der Waals surface area (Å²) in [5.41, 5.74) is 1.47. The van der Waals surface area contributed by atoms with Crippen molar-refractivity contribution in [2.75, 3.05) is 0 Å². The molecule has 1 fully saturated rings. The Kier molecular flexibility index (Phi) is 3.45. The van der Waals surface area contributed by atoms with E-state index in [9.17, 15) is 12.8 Å². The van der Waals surface area contributed by atoms with Crippen molar-refractivity contribution >= 4 is 10.1 Å². The second-order valence-corrected chi connectivity index (χ2v) is 6.83. The van der Waals surface area contributed by atoms with Gasteiger partial charge in [-0.05, 0) is 49.4 Å². The lowest BCUT2D eigenvalue weighted by atomic mass is 10.1. The molecule has 0 N–H and O–H groups in total. The molecule has 0 heterocycles. The molecule has 1 saturated carbocycles. The normalized spacial score (nSPS) is 15.0. The fourth-order valence-electron chi connectivity index (χ4n) is 2.17. The quantitative estimate of drug-likeness (QED) is 0.807. The zero-order chi connectivity index (χ0) is 15.0. The standard InChI is InChI=1S/C16H15FO3S/c1-11-5-9-13(10-6-11)21(18,19)20-15-4-2-3-14(16(15)17)12-7-8-12/h2-6,9-10,12H,7-8H2,1H3. The molecule has 0 aliphatic heterocycles. The molecule has 21 heavy (non-hydrogen) atoms. The Balaban J connectivity index is 1.92. The molecule has 0 radical (unpaired) electrons. The smallest absolute Gasteiger partial charge is 0.339 e. The molecule has 1 aliphatic carbocycles. The van der Waals surface area contributed by atoms with Gasteiger partial charge in [0.1, 0.15) is 4.90 Å². The summed E-state index contributed by atoms with van der Waals surface area (Å²) in [6.45, 7) is 1.86. The van der Waals surface area contributed by atoms with Crippen LogP contribution in [-0.4, -0.2) is 8.42 Å². The first-order valence-electron chi connectivity index (χ1n) is 6.77. The second kappa shape index (κ2) is 5.15. The SMILES string of the molecule is Cc1ccc(S(=O)(=O)Oc2cccc(C3CC3)c2F)cc1. The van der Waals surface area contributed by atoms with E-state index in [-0.39, 0.29) is 16.6 Å². The summed E-state index contributed by atoms with van der Waals surface area (Å²) in [4.78, 5) is 0.0179. The van der Waals surface area contributed by atoms with Crippen LogP contribution in [-0.2, 0) is 10.1 Å². The topological polar surface area (TPSA) is 43.4 Å². The van der Waals surface area contributed by atoms with Crippen molar-refractivity contribution in [2.45, 2.75) is 30.6 Å². The highest BCUT2D eigenvalue weighted by molar-refractivity contribution is 7.87. The van der Waals surface area contributed by atoms with Crippen LogP contribution in [0.25, 0.3) is 0 Å². The van der Waals surface area contributed by atoms with E-state index in [1.807, 2.05) is 6.92 Å². The van der Waals surface area contributed by atoms with Crippen molar-refractivity contribution < 1.29 is 17.0 Å². The van der Waals surface area contributed by atoms with E-state index in [0.29, 0.717) is 5.56 Å². The van der Waals surface area contributed by atoms with Gasteiger partial charge in [-0.2, -0.15) is 8.42 Å². The van der Waals surface area contributed by atoms with Gasteiger partial charge in [-0.3, -0.25) is 0 Å². The summed E-state index contributed by atoms with van der Waals surface area (Å²) in [7, 11) is -4.01. The van der Waals surface area contributed by atoms with Crippen molar-refractivity contribution in [2.24, 2.45) is 0 Å². The molecular weight excluding hydrogens is 291 g/mol. The third-order valence-electron chi connectivity index (χ3n) is 3.52. The first kappa shape index (κ1) is 14.1. The zero-order valence-electron chi connectivity index (χ0n) is 11.5. The maximum absolute atomic E-state index is 14.3. The van der Waals surface area contributed by atoms with Gasteiger partial charge in [0.2, 0.25) is 0 Å². The van der Waals surface area contributed by atoms with E-state index < -0.39 is 15.9 Å². The van der Waals surface area contributed by atoms with Crippen LogP contribution in [0.2, 0.25) is 0 Å². The first-order chi connectivity index (χ1) is 9.97. The number of halogens is 1. The molecule has 0 aromatic heterocycles. The van der Waals surface area contributed by atoms with Crippen molar-refractivity contribution in [1.82, 2.24) is 0 Å². The van der Waals surface area contributed by atoms with Gasteiger partial charge in [0, 0.05) is 0 Å². The summed E-state index contributed by atoms with van der Waals surface area (Å²) in [6, 6.07) is 10.9. The minimum atomic E-state index is -4.01. The lowest BCUT2D eigenvalue weighted by Crippen LogP contribution is -2.11. The Morgan fingerprint density at radius 1 is 1.10 bits per heavy atom. The summed E-state index contributed by atoms with van der Waals surface area (Å²) in [5, 5.41) is 0. The molecule has 0 saturated heterocycles. The van der Waals surface area contributed by atoms with Gasteiger partial charge in [0.15, 0.2) is 11.6 Å². The number of hydrogen-bond acceptors (Lipinski definition) is 3. The first-order valence-corrected chi connectivity index (χ1v) is 8.18. The van der Waals surface area contributed by atoms with Crippen LogP contribution in [0.3, 0.4) is 0 Å². The number of benzene rings is 2. The lowest BCUT2D eigenvalue weighted by Gasteiger charge is -2.10. The van der Waals surface area contributed by atoms with E-state index in [4.69, 9.17) is 4.18 Å². The van der Waals surface area contributed by atoms with Crippen LogP contribution < -0.4 is 4.18 Å². The molecule has 0 spiro atoms. The van der Waals surface area contributed by atoms with Crippen LogP contribution in [0.15, 0.2) is 47.4 Å². The van der Waals surface area contributed by atoms with Gasteiger partial charge in [-0.1, -0.05) is 29.8 Å². The molecule has 0 unspecified atom stereocenters. The van der Waals surface area contributed by atoms with Gasteiger partial charge >= 0.3 is 10.1 Å². The highest BCUT2D eigenvalue weighted by Gasteiger charge is 2.29. The lowest BCUT2D eigenvalue weighted by molar-refractivity contribution is 0.458. The molecule has 0 amide bonds. The number of hydrogen-bond donors (Lipinski definition) is 0. The van der Waals surface area contributed by atoms with Crippen LogP contribution in [0.4, 0.5) is 4.39 Å². The van der Waals surface area contributed by atoms with Crippen LogP contribution >= 0.6 is 0 Å². The second-order valence-electron chi connectivity index (χ2n) is 5.28. The largest absolute Gasteiger partial charge is 0.376 e. The highest BCUT2D eigenvalue weighted by Crippen LogP contribution is 2.43. The minimum Gasteiger partial charge on any atom is -0.376 e. The van der Waals surface area contributed by atoms with Crippen molar-refractivity contribution in [3.05, 3.63) is 59.4 Å². The fourth-order valence-corrected chi connectivity index (χ4v) is 3.10. The zero-order valence-corrected chi connectivity index (χ0v) is 12.4. The molecule has 0 atom stereocenters. The van der Waals surface area contributed by atoms with Gasteiger partial charge in [-0.25, -0.2) is 4.39 Å². The minimum absolute atomic E-state index is 0.0179. The summed E-state index contributed by atoms with van der Waals surface area (Å²) >= 11 is 0. The molecule has 2 aromatic carbocycles. The average Bonchev–Trinajstić information content (AvgIpc) is 3.26. The van der Waals surface area contributed by atoms with Gasteiger partial charge in [-0.15, -0.1) is 0 Å². The van der Waals surface area contributed by atoms with Crippen LogP contribution in [0.5, 0.6) is 5.75 Å². The monoisotopic (exact) mass is 306 g/mol. The van der Waals surface area contributed by atoms with Gasteiger partial charge in [0.05, 0.1) is 0 Å². The van der Waals surface area contributed by atoms with Gasteiger partial charge < -0.3 is 4.18 Å². The van der Waals surface area contributed by atoms with Crippen molar-refractivity contribution in [1.29, 1.82) is 0 Å². The highest BCUT2D eigenvalue weighted by atomic mass is 32.2. The van der Waals surface area contributed by atoms with Crippen molar-refractivity contribution in [3.8, 4) is 5.75 Å². The summed E-state index contributed by atoms with van der Waals surface area (Å²) in [5.74, 6) is -0.619. The molecule has 5 heteroatoms. The third kappa shape index (κ3) is 2.93. The van der Waals surface area contributed by atoms with Crippen LogP contribution in [0, 0.1) is 12.7 Å². The van der Waals surface area contributed by atoms with E-state index in [1.165, 1.54) is 18.2 Å². The predicted molar refractivity (Wildman–Crippen MR) is 77.4 cm³/mol. The molecule has 110 valence electrons. The third-order valence-corrected chi connectivity index (χ3v) is 4.77. The number of rotatable bonds is 4. The van der Waals surface area contributed by atoms with E-state index in [1.54, 1.807) is 24.3 Å². The molecule has 2 aromatic rings. The Labute approximate surface area is 123 Å². The predicted octanol–water partition coefficient (Wildman–Crippen LogP) is 3.78. The molecule has 3 rings (SSSR count). The average molecular weight is 306 g/mol. The van der Waals surface area contributed by atoms with E-state index >= 15 is 0 Å². The molecule has 3 nitrogen and oxygen atoms in total. The molecule has 1 aliphatic rings. The van der Waals surface area contributed by atoms with Crippen molar-refractivity contribution in [3.63, 3.8) is 0 Å². The fraction of sp³-hybridized carbons (Fsp3) is 0.250. The molecule has 0 bridgehead atoms. The Bertz CT molecular complexity index is 763.